The second-order valence-electron chi connectivity index (χ2n) is 4.77. The largest absolute Gasteiger partial charge is 0.457 e. The van der Waals surface area contributed by atoms with Crippen LogP contribution in [0.2, 0.25) is 0 Å². The van der Waals surface area contributed by atoms with Gasteiger partial charge in [-0.1, -0.05) is 55.8 Å². The Balaban J connectivity index is 2.29. The molecule has 0 fully saturated rings. The van der Waals surface area contributed by atoms with Crippen LogP contribution in [-0.4, -0.2) is 13.1 Å². The topological polar surface area (TPSA) is 26.3 Å². The van der Waals surface area contributed by atoms with Crippen molar-refractivity contribution in [2.75, 3.05) is 6.61 Å². The first kappa shape index (κ1) is 13.6. The van der Waals surface area contributed by atoms with E-state index in [0.29, 0.717) is 12.5 Å². The minimum atomic E-state index is 0.435. The van der Waals surface area contributed by atoms with Crippen LogP contribution in [-0.2, 0) is 9.53 Å². The van der Waals surface area contributed by atoms with E-state index in [1.165, 1.54) is 22.8 Å². The van der Waals surface area contributed by atoms with Gasteiger partial charge in [0.2, 0.25) is 0 Å². The standard InChI is InChI=1S/C17H19O2/c1-2-6-14(11-12-19-13-18)17-10-5-8-15-7-3-4-9-16(15)17/h3-5,7-10,14H,2,6,11-12H2,1H3. The highest BCUT2D eigenvalue weighted by Gasteiger charge is 2.13. The van der Waals surface area contributed by atoms with E-state index in [1.807, 2.05) is 0 Å². The molecule has 0 heterocycles. The summed E-state index contributed by atoms with van der Waals surface area (Å²) in [6.45, 7) is 4.13. The fourth-order valence-electron chi connectivity index (χ4n) is 2.65. The molecule has 2 rings (SSSR count). The summed E-state index contributed by atoms with van der Waals surface area (Å²) < 4.78 is 4.74. The zero-order chi connectivity index (χ0) is 13.5. The Morgan fingerprint density at radius 1 is 1.11 bits per heavy atom. The molecule has 1 radical (unpaired) electrons. The molecule has 0 aliphatic carbocycles. The van der Waals surface area contributed by atoms with Gasteiger partial charge in [-0.25, -0.2) is 4.79 Å². The first-order valence-electron chi connectivity index (χ1n) is 6.83. The highest BCUT2D eigenvalue weighted by Crippen LogP contribution is 2.31. The summed E-state index contributed by atoms with van der Waals surface area (Å²) in [5, 5.41) is 2.57. The van der Waals surface area contributed by atoms with Crippen molar-refractivity contribution in [3.63, 3.8) is 0 Å². The van der Waals surface area contributed by atoms with E-state index in [4.69, 9.17) is 4.74 Å². The monoisotopic (exact) mass is 255 g/mol. The Kier molecular flexibility index (Phi) is 4.96. The molecule has 1 unspecified atom stereocenters. The summed E-state index contributed by atoms with van der Waals surface area (Å²) in [5.41, 5.74) is 1.36. The summed E-state index contributed by atoms with van der Waals surface area (Å²) in [7, 11) is 0. The van der Waals surface area contributed by atoms with Crippen molar-refractivity contribution in [2.24, 2.45) is 0 Å². The van der Waals surface area contributed by atoms with E-state index >= 15 is 0 Å². The summed E-state index contributed by atoms with van der Waals surface area (Å²) in [6.07, 6.45) is 3.09. The number of hydrogen-bond donors (Lipinski definition) is 0. The minimum Gasteiger partial charge on any atom is -0.457 e. The molecule has 0 aliphatic rings. The molecule has 0 bridgehead atoms. The number of hydrogen-bond acceptors (Lipinski definition) is 2. The quantitative estimate of drug-likeness (QED) is 0.693. The van der Waals surface area contributed by atoms with E-state index in [2.05, 4.69) is 49.4 Å². The van der Waals surface area contributed by atoms with Gasteiger partial charge in [0.15, 0.2) is 0 Å². The number of carbonyl (C=O) groups excluding carboxylic acids is 1. The third kappa shape index (κ3) is 3.34. The Morgan fingerprint density at radius 3 is 2.68 bits per heavy atom. The molecule has 0 saturated carbocycles. The maximum absolute atomic E-state index is 10.1. The van der Waals surface area contributed by atoms with E-state index in [-0.39, 0.29) is 0 Å². The van der Waals surface area contributed by atoms with Gasteiger partial charge in [0, 0.05) is 0 Å². The van der Waals surface area contributed by atoms with Crippen LogP contribution in [0.4, 0.5) is 0 Å². The lowest BCUT2D eigenvalue weighted by atomic mass is 9.88. The summed E-state index contributed by atoms with van der Waals surface area (Å²) >= 11 is 0. The zero-order valence-corrected chi connectivity index (χ0v) is 11.3. The molecule has 2 aromatic carbocycles. The summed E-state index contributed by atoms with van der Waals surface area (Å²) in [5.74, 6) is 0.435. The smallest absolute Gasteiger partial charge is 0.417 e. The van der Waals surface area contributed by atoms with Gasteiger partial charge < -0.3 is 4.74 Å². The average Bonchev–Trinajstić information content (AvgIpc) is 2.46. The van der Waals surface area contributed by atoms with Gasteiger partial charge in [-0.15, -0.1) is 0 Å². The van der Waals surface area contributed by atoms with Gasteiger partial charge in [-0.3, -0.25) is 0 Å². The van der Waals surface area contributed by atoms with Crippen LogP contribution in [0, 0.1) is 0 Å². The van der Waals surface area contributed by atoms with Gasteiger partial charge in [0.05, 0.1) is 6.61 Å². The number of rotatable bonds is 7. The molecule has 19 heavy (non-hydrogen) atoms. The van der Waals surface area contributed by atoms with E-state index in [9.17, 15) is 4.79 Å². The lowest BCUT2D eigenvalue weighted by Crippen LogP contribution is -2.04. The molecule has 0 N–H and O–H groups in total. The number of benzene rings is 2. The molecule has 0 aromatic heterocycles. The molecule has 0 spiro atoms. The predicted molar refractivity (Wildman–Crippen MR) is 77.9 cm³/mol. The molecule has 1 atom stereocenters. The maximum Gasteiger partial charge on any atom is 0.417 e. The van der Waals surface area contributed by atoms with Crippen LogP contribution in [0.3, 0.4) is 0 Å². The lowest BCUT2D eigenvalue weighted by molar-refractivity contribution is 0.261. The van der Waals surface area contributed by atoms with E-state index in [1.54, 1.807) is 0 Å². The fourth-order valence-corrected chi connectivity index (χ4v) is 2.65. The van der Waals surface area contributed by atoms with Gasteiger partial charge in [-0.05, 0) is 35.1 Å². The summed E-state index contributed by atoms with van der Waals surface area (Å²) in [4.78, 5) is 10.1. The second-order valence-corrected chi connectivity index (χ2v) is 4.77. The highest BCUT2D eigenvalue weighted by molar-refractivity contribution is 5.86. The third-order valence-electron chi connectivity index (χ3n) is 3.53. The molecule has 0 amide bonds. The minimum absolute atomic E-state index is 0.435. The van der Waals surface area contributed by atoms with Gasteiger partial charge in [0.1, 0.15) is 0 Å². The van der Waals surface area contributed by atoms with Crippen molar-refractivity contribution in [2.45, 2.75) is 32.1 Å². The van der Waals surface area contributed by atoms with Crippen LogP contribution in [0.1, 0.15) is 37.7 Å². The van der Waals surface area contributed by atoms with Crippen LogP contribution < -0.4 is 0 Å². The van der Waals surface area contributed by atoms with E-state index < -0.39 is 0 Å². The first-order valence-corrected chi connectivity index (χ1v) is 6.83. The molecular weight excluding hydrogens is 236 g/mol. The van der Waals surface area contributed by atoms with Gasteiger partial charge in [-0.2, -0.15) is 0 Å². The SMILES string of the molecule is CCCC(CCO[C]=O)c1cccc2ccccc12. The molecule has 2 aromatic rings. The highest BCUT2D eigenvalue weighted by atomic mass is 16.5. The molecule has 0 aliphatic heterocycles. The van der Waals surface area contributed by atoms with Crippen LogP contribution >= 0.6 is 0 Å². The first-order chi connectivity index (χ1) is 9.36. The zero-order valence-electron chi connectivity index (χ0n) is 11.3. The van der Waals surface area contributed by atoms with Crippen molar-refractivity contribution in [1.82, 2.24) is 0 Å². The Labute approximate surface area is 114 Å². The Hall–Kier alpha value is -1.83. The van der Waals surface area contributed by atoms with Crippen LogP contribution in [0.15, 0.2) is 42.5 Å². The predicted octanol–water partition coefficient (Wildman–Crippen LogP) is 4.20. The summed E-state index contributed by atoms with van der Waals surface area (Å²) in [6, 6.07) is 14.9. The lowest BCUT2D eigenvalue weighted by Gasteiger charge is -2.18. The molecular formula is C17H19O2. The van der Waals surface area contributed by atoms with Crippen LogP contribution in [0.25, 0.3) is 10.8 Å². The van der Waals surface area contributed by atoms with Crippen molar-refractivity contribution in [3.05, 3.63) is 48.0 Å². The molecule has 2 nitrogen and oxygen atoms in total. The van der Waals surface area contributed by atoms with E-state index in [0.717, 1.165) is 19.3 Å². The van der Waals surface area contributed by atoms with Crippen molar-refractivity contribution in [3.8, 4) is 0 Å². The second kappa shape index (κ2) is 6.93. The van der Waals surface area contributed by atoms with Crippen molar-refractivity contribution >= 4 is 17.2 Å². The number of fused-ring (bicyclic) bond motifs is 1. The number of ether oxygens (including phenoxy) is 1. The Morgan fingerprint density at radius 2 is 1.89 bits per heavy atom. The van der Waals surface area contributed by atoms with Gasteiger partial charge in [0.25, 0.3) is 0 Å². The Bertz CT molecular complexity index is 528. The van der Waals surface area contributed by atoms with Crippen LogP contribution in [0.5, 0.6) is 0 Å². The van der Waals surface area contributed by atoms with Gasteiger partial charge >= 0.3 is 6.47 Å². The van der Waals surface area contributed by atoms with Crippen molar-refractivity contribution in [1.29, 1.82) is 0 Å². The fraction of sp³-hybridized carbons (Fsp3) is 0.353. The average molecular weight is 255 g/mol. The maximum atomic E-state index is 10.1. The third-order valence-corrected chi connectivity index (χ3v) is 3.53. The van der Waals surface area contributed by atoms with Crippen molar-refractivity contribution < 1.29 is 9.53 Å². The molecule has 2 heteroatoms. The molecule has 99 valence electrons. The normalized spacial score (nSPS) is 12.3. The molecule has 0 saturated heterocycles.